The molecule has 2 heterocycles. The van der Waals surface area contributed by atoms with Crippen molar-refractivity contribution in [1.29, 1.82) is 5.26 Å². The molecule has 1 aliphatic carbocycles. The Hall–Kier alpha value is -0.990. The molecule has 2 fully saturated rings. The molecule has 1 amide bonds. The predicted molar refractivity (Wildman–Crippen MR) is 83.2 cm³/mol. The number of carbonyl (C=O) groups excluding carboxylic acids is 1. The van der Waals surface area contributed by atoms with Crippen molar-refractivity contribution >= 4 is 29.0 Å². The highest BCUT2D eigenvalue weighted by Crippen LogP contribution is 2.43. The van der Waals surface area contributed by atoms with E-state index in [-0.39, 0.29) is 10.7 Å². The maximum absolute atomic E-state index is 12.6. The van der Waals surface area contributed by atoms with Crippen molar-refractivity contribution < 1.29 is 4.79 Å². The van der Waals surface area contributed by atoms with Crippen molar-refractivity contribution in [2.45, 2.75) is 36.9 Å². The third kappa shape index (κ3) is 2.59. The van der Waals surface area contributed by atoms with Crippen LogP contribution in [0.25, 0.3) is 0 Å². The van der Waals surface area contributed by atoms with Crippen LogP contribution in [-0.4, -0.2) is 34.4 Å². The Morgan fingerprint density at radius 3 is 2.90 bits per heavy atom. The fourth-order valence-electron chi connectivity index (χ4n) is 3.22. The molecule has 1 saturated heterocycles. The van der Waals surface area contributed by atoms with E-state index in [4.69, 9.17) is 5.26 Å². The molecule has 1 saturated carbocycles. The zero-order chi connectivity index (χ0) is 14.0. The summed E-state index contributed by atoms with van der Waals surface area (Å²) in [4.78, 5) is 15.2. The molecule has 0 atom stereocenters. The van der Waals surface area contributed by atoms with Gasteiger partial charge in [0.2, 0.25) is 0 Å². The minimum Gasteiger partial charge on any atom is -0.336 e. The van der Waals surface area contributed by atoms with E-state index in [1.54, 1.807) is 6.07 Å². The number of amides is 1. The Balaban J connectivity index is 1.77. The van der Waals surface area contributed by atoms with Crippen molar-refractivity contribution in [3.8, 4) is 6.07 Å². The van der Waals surface area contributed by atoms with Crippen LogP contribution in [0.15, 0.2) is 11.4 Å². The first-order chi connectivity index (χ1) is 9.74. The summed E-state index contributed by atoms with van der Waals surface area (Å²) < 4.78 is 0.288. The number of rotatable bonds is 1. The molecule has 2 aliphatic rings. The summed E-state index contributed by atoms with van der Waals surface area (Å²) in [7, 11) is 0. The molecule has 1 spiro atoms. The Bertz CT molecular complexity index is 535. The number of thiophene rings is 1. The average molecular weight is 306 g/mol. The van der Waals surface area contributed by atoms with Crippen LogP contribution in [0.1, 0.15) is 47.3 Å². The average Bonchev–Trinajstić information content (AvgIpc) is 2.96. The second kappa shape index (κ2) is 5.79. The maximum atomic E-state index is 12.6. The molecule has 0 N–H and O–H groups in total. The lowest BCUT2D eigenvalue weighted by Gasteiger charge is -2.44. The zero-order valence-corrected chi connectivity index (χ0v) is 13.1. The predicted octanol–water partition coefficient (Wildman–Crippen LogP) is 3.51. The molecule has 1 aromatic rings. The second-order valence-corrected chi connectivity index (χ2v) is 8.07. The first-order valence-corrected chi connectivity index (χ1v) is 9.01. The highest BCUT2D eigenvalue weighted by Gasteiger charge is 2.39. The number of thioether (sulfide) groups is 1. The lowest BCUT2D eigenvalue weighted by atomic mass is 9.87. The summed E-state index contributed by atoms with van der Waals surface area (Å²) in [5, 5.41) is 10.9. The van der Waals surface area contributed by atoms with Gasteiger partial charge in [-0.3, -0.25) is 4.79 Å². The number of hydrogen-bond acceptors (Lipinski definition) is 4. The lowest BCUT2D eigenvalue weighted by Crippen LogP contribution is -2.49. The highest BCUT2D eigenvalue weighted by atomic mass is 32.2. The van der Waals surface area contributed by atoms with Crippen molar-refractivity contribution in [3.63, 3.8) is 0 Å². The van der Waals surface area contributed by atoms with E-state index in [9.17, 15) is 4.79 Å². The van der Waals surface area contributed by atoms with Crippen molar-refractivity contribution in [2.75, 3.05) is 18.8 Å². The molecule has 0 bridgehead atoms. The van der Waals surface area contributed by atoms with Crippen LogP contribution in [0.5, 0.6) is 0 Å². The summed E-state index contributed by atoms with van der Waals surface area (Å²) in [6.07, 6.45) is 6.38. The summed E-state index contributed by atoms with van der Waals surface area (Å²) in [6.45, 7) is 1.67. The van der Waals surface area contributed by atoms with Gasteiger partial charge in [-0.25, -0.2) is 0 Å². The van der Waals surface area contributed by atoms with Gasteiger partial charge < -0.3 is 4.90 Å². The molecular weight excluding hydrogens is 288 g/mol. The molecule has 0 radical (unpaired) electrons. The van der Waals surface area contributed by atoms with E-state index < -0.39 is 0 Å². The molecule has 5 heteroatoms. The van der Waals surface area contributed by atoms with Crippen LogP contribution in [0.2, 0.25) is 0 Å². The van der Waals surface area contributed by atoms with Gasteiger partial charge in [0.15, 0.2) is 0 Å². The van der Waals surface area contributed by atoms with Gasteiger partial charge in [-0.05, 0) is 24.3 Å². The molecule has 0 unspecified atom stereocenters. The van der Waals surface area contributed by atoms with Gasteiger partial charge in [0, 0.05) is 23.6 Å². The largest absolute Gasteiger partial charge is 0.336 e. The van der Waals surface area contributed by atoms with Gasteiger partial charge in [0.25, 0.3) is 5.91 Å². The Labute approximate surface area is 128 Å². The Kier molecular flexibility index (Phi) is 4.04. The summed E-state index contributed by atoms with van der Waals surface area (Å²) in [6, 6.07) is 3.87. The minimum absolute atomic E-state index is 0.0572. The number of nitrogens with zero attached hydrogens (tertiary/aromatic N) is 2. The number of nitriles is 1. The third-order valence-corrected chi connectivity index (χ3v) is 6.72. The number of hydrogen-bond donors (Lipinski definition) is 0. The van der Waals surface area contributed by atoms with Crippen LogP contribution in [-0.2, 0) is 0 Å². The van der Waals surface area contributed by atoms with Crippen LogP contribution >= 0.6 is 23.1 Å². The summed E-state index contributed by atoms with van der Waals surface area (Å²) >= 11 is 3.45. The summed E-state index contributed by atoms with van der Waals surface area (Å²) in [5.74, 6) is 1.08. The van der Waals surface area contributed by atoms with Gasteiger partial charge in [-0.1, -0.05) is 19.3 Å². The Morgan fingerprint density at radius 2 is 2.15 bits per heavy atom. The van der Waals surface area contributed by atoms with Gasteiger partial charge in [-0.2, -0.15) is 17.0 Å². The molecule has 106 valence electrons. The van der Waals surface area contributed by atoms with Crippen LogP contribution in [0, 0.1) is 11.3 Å². The fraction of sp³-hybridized carbons (Fsp3) is 0.600. The smallest absolute Gasteiger partial charge is 0.265 e. The van der Waals surface area contributed by atoms with Gasteiger partial charge >= 0.3 is 0 Å². The van der Waals surface area contributed by atoms with Crippen LogP contribution in [0.4, 0.5) is 0 Å². The first-order valence-electron chi connectivity index (χ1n) is 7.15. The summed E-state index contributed by atoms with van der Waals surface area (Å²) in [5.41, 5.74) is 0.524. The molecule has 0 aromatic carbocycles. The van der Waals surface area contributed by atoms with Gasteiger partial charge in [0.1, 0.15) is 10.9 Å². The Morgan fingerprint density at radius 1 is 1.35 bits per heavy atom. The van der Waals surface area contributed by atoms with Gasteiger partial charge in [-0.15, -0.1) is 11.3 Å². The maximum Gasteiger partial charge on any atom is 0.265 e. The van der Waals surface area contributed by atoms with Crippen molar-refractivity contribution in [3.05, 3.63) is 21.9 Å². The SMILES string of the molecule is N#Cc1ccsc1C(=O)N1CCSC2(CCCCC2)C1. The zero-order valence-electron chi connectivity index (χ0n) is 11.4. The van der Waals surface area contributed by atoms with Gasteiger partial charge in [0.05, 0.1) is 5.56 Å². The van der Waals surface area contributed by atoms with Crippen molar-refractivity contribution in [2.24, 2.45) is 0 Å². The third-order valence-electron chi connectivity index (χ3n) is 4.28. The molecule has 1 aromatic heterocycles. The molecule has 3 nitrogen and oxygen atoms in total. The normalized spacial score (nSPS) is 21.6. The molecule has 3 rings (SSSR count). The van der Waals surface area contributed by atoms with E-state index in [0.29, 0.717) is 10.4 Å². The first kappa shape index (κ1) is 14.0. The lowest BCUT2D eigenvalue weighted by molar-refractivity contribution is 0.0735. The molecule has 20 heavy (non-hydrogen) atoms. The van der Waals surface area contributed by atoms with E-state index >= 15 is 0 Å². The van der Waals surface area contributed by atoms with Crippen molar-refractivity contribution in [1.82, 2.24) is 4.90 Å². The monoisotopic (exact) mass is 306 g/mol. The van der Waals surface area contributed by atoms with E-state index in [1.807, 2.05) is 10.3 Å². The minimum atomic E-state index is 0.0572. The number of carbonyl (C=O) groups is 1. The highest BCUT2D eigenvalue weighted by molar-refractivity contribution is 8.00. The topological polar surface area (TPSA) is 44.1 Å². The van der Waals surface area contributed by atoms with E-state index in [1.165, 1.54) is 43.4 Å². The van der Waals surface area contributed by atoms with E-state index in [0.717, 1.165) is 18.8 Å². The quantitative estimate of drug-likeness (QED) is 0.797. The second-order valence-electron chi connectivity index (χ2n) is 5.59. The molecular formula is C15H18N2OS2. The van der Waals surface area contributed by atoms with Crippen LogP contribution < -0.4 is 0 Å². The van der Waals surface area contributed by atoms with E-state index in [2.05, 4.69) is 17.8 Å². The van der Waals surface area contributed by atoms with Crippen LogP contribution in [0.3, 0.4) is 0 Å². The fourth-order valence-corrected chi connectivity index (χ4v) is 5.60. The standard InChI is InChI=1S/C15H18N2OS2/c16-10-12-4-8-19-13(12)14(18)17-7-9-20-15(11-17)5-2-1-3-6-15/h4,8H,1-3,5-7,9,11H2. The molecule has 1 aliphatic heterocycles.